The summed E-state index contributed by atoms with van der Waals surface area (Å²) in [6.45, 7) is 3.30. The normalized spacial score (nSPS) is 13.0. The van der Waals surface area contributed by atoms with E-state index in [4.69, 9.17) is 5.21 Å². The van der Waals surface area contributed by atoms with E-state index in [1.165, 1.54) is 0 Å². The summed E-state index contributed by atoms with van der Waals surface area (Å²) in [5, 5.41) is 8.69. The molecule has 0 radical (unpaired) electrons. The van der Waals surface area contributed by atoms with Gasteiger partial charge >= 0.3 is 0 Å². The van der Waals surface area contributed by atoms with Crippen LogP contribution in [0.4, 0.5) is 0 Å². The molecule has 0 unspecified atom stereocenters. The number of aromatic nitrogens is 2. The average Bonchev–Trinajstić information content (AvgIpc) is 2.98. The third-order valence-electron chi connectivity index (χ3n) is 4.16. The van der Waals surface area contributed by atoms with Crippen molar-refractivity contribution in [2.45, 2.75) is 26.4 Å². The Morgan fingerprint density at radius 1 is 1.33 bits per heavy atom. The lowest BCUT2D eigenvalue weighted by atomic mass is 9.97. The molecule has 8 heteroatoms. The van der Waals surface area contributed by atoms with Gasteiger partial charge in [-0.05, 0) is 36.6 Å². The first-order valence-electron chi connectivity index (χ1n) is 7.40. The van der Waals surface area contributed by atoms with Crippen LogP contribution in [0.1, 0.15) is 27.3 Å². The van der Waals surface area contributed by atoms with Crippen LogP contribution in [-0.2, 0) is 24.3 Å². The summed E-state index contributed by atoms with van der Waals surface area (Å²) in [4.78, 5) is 29.8. The Morgan fingerprint density at radius 2 is 2.12 bits per heavy atom. The van der Waals surface area contributed by atoms with Crippen molar-refractivity contribution in [3.63, 3.8) is 0 Å². The summed E-state index contributed by atoms with van der Waals surface area (Å²) in [6.07, 6.45) is 4.17. The second kappa shape index (κ2) is 7.46. The van der Waals surface area contributed by atoms with Crippen molar-refractivity contribution in [2.75, 3.05) is 6.54 Å². The molecule has 0 spiro atoms. The number of fused-ring (bicyclic) bond motifs is 1. The van der Waals surface area contributed by atoms with Crippen LogP contribution in [0.5, 0.6) is 0 Å². The zero-order valence-electron chi connectivity index (χ0n) is 13.2. The number of hydrogen-bond acceptors (Lipinski definition) is 4. The number of rotatable bonds is 3. The molecule has 2 amide bonds. The number of carbonyl (C=O) groups excluding carboxylic acids is 2. The number of imidazole rings is 1. The van der Waals surface area contributed by atoms with Crippen LogP contribution in [0.2, 0.25) is 0 Å². The Hall–Kier alpha value is -2.38. The fourth-order valence-corrected chi connectivity index (χ4v) is 2.79. The molecule has 0 bridgehead atoms. The summed E-state index contributed by atoms with van der Waals surface area (Å²) in [7, 11) is 0. The lowest BCUT2D eigenvalue weighted by molar-refractivity contribution is -0.132. The molecule has 7 nitrogen and oxygen atoms in total. The number of nitrogens with zero attached hydrogens (tertiary/aromatic N) is 3. The van der Waals surface area contributed by atoms with Gasteiger partial charge in [0, 0.05) is 31.0 Å². The van der Waals surface area contributed by atoms with Gasteiger partial charge < -0.3 is 9.47 Å². The molecule has 0 saturated heterocycles. The van der Waals surface area contributed by atoms with Gasteiger partial charge in [0.2, 0.25) is 5.91 Å². The van der Waals surface area contributed by atoms with Crippen molar-refractivity contribution in [1.82, 2.24) is 19.9 Å². The molecular formula is C16H19ClN4O3. The highest BCUT2D eigenvalue weighted by atomic mass is 35.5. The molecule has 0 aliphatic carbocycles. The quantitative estimate of drug-likeness (QED) is 0.645. The lowest BCUT2D eigenvalue weighted by Gasteiger charge is -2.29. The van der Waals surface area contributed by atoms with Gasteiger partial charge in [-0.2, -0.15) is 0 Å². The minimum absolute atomic E-state index is 0. The predicted molar refractivity (Wildman–Crippen MR) is 89.0 cm³/mol. The second-order valence-corrected chi connectivity index (χ2v) is 5.59. The van der Waals surface area contributed by atoms with Crippen LogP contribution < -0.4 is 5.48 Å². The van der Waals surface area contributed by atoms with E-state index in [-0.39, 0.29) is 24.9 Å². The van der Waals surface area contributed by atoms with Gasteiger partial charge in [0.1, 0.15) is 12.4 Å². The Kier molecular flexibility index (Phi) is 5.58. The summed E-state index contributed by atoms with van der Waals surface area (Å²) in [5.41, 5.74) is 4.11. The molecule has 1 aromatic carbocycles. The molecule has 2 N–H and O–H groups in total. The number of hydroxylamine groups is 1. The second-order valence-electron chi connectivity index (χ2n) is 5.59. The van der Waals surface area contributed by atoms with Gasteiger partial charge in [-0.15, -0.1) is 12.4 Å². The topological polar surface area (TPSA) is 87.5 Å². The van der Waals surface area contributed by atoms with Crippen LogP contribution in [0.25, 0.3) is 0 Å². The molecule has 128 valence electrons. The number of carbonyl (C=O) groups is 2. The largest absolute Gasteiger partial charge is 0.336 e. The van der Waals surface area contributed by atoms with E-state index in [9.17, 15) is 9.59 Å². The van der Waals surface area contributed by atoms with E-state index in [1.54, 1.807) is 30.0 Å². The van der Waals surface area contributed by atoms with Gasteiger partial charge in [0.25, 0.3) is 5.91 Å². The first kappa shape index (κ1) is 18.0. The molecule has 2 heterocycles. The zero-order chi connectivity index (χ0) is 16.4. The predicted octanol–water partition coefficient (Wildman–Crippen LogP) is 1.32. The number of aryl methyl sites for hydroxylation is 1. The molecule has 0 atom stereocenters. The van der Waals surface area contributed by atoms with Crippen LogP contribution >= 0.6 is 12.4 Å². The van der Waals surface area contributed by atoms with Crippen molar-refractivity contribution < 1.29 is 14.8 Å². The number of nitrogens with one attached hydrogen (secondary N) is 1. The van der Waals surface area contributed by atoms with Crippen LogP contribution in [0, 0.1) is 6.92 Å². The van der Waals surface area contributed by atoms with E-state index in [0.29, 0.717) is 25.1 Å². The molecule has 3 rings (SSSR count). The summed E-state index contributed by atoms with van der Waals surface area (Å²) >= 11 is 0. The Morgan fingerprint density at radius 3 is 2.79 bits per heavy atom. The summed E-state index contributed by atoms with van der Waals surface area (Å²) in [5.74, 6) is 0.339. The third-order valence-corrected chi connectivity index (χ3v) is 4.16. The summed E-state index contributed by atoms with van der Waals surface area (Å²) in [6, 6.07) is 5.25. The maximum atomic E-state index is 12.4. The molecule has 24 heavy (non-hydrogen) atoms. The molecule has 1 aliphatic heterocycles. The van der Waals surface area contributed by atoms with Crippen molar-refractivity contribution in [3.8, 4) is 0 Å². The highest BCUT2D eigenvalue weighted by Crippen LogP contribution is 2.21. The third kappa shape index (κ3) is 3.58. The molecule has 1 aliphatic rings. The van der Waals surface area contributed by atoms with Crippen molar-refractivity contribution in [1.29, 1.82) is 0 Å². The van der Waals surface area contributed by atoms with Crippen LogP contribution in [0.15, 0.2) is 30.6 Å². The Bertz CT molecular complexity index is 760. The Balaban J connectivity index is 0.00000208. The van der Waals surface area contributed by atoms with Gasteiger partial charge in [-0.1, -0.05) is 6.07 Å². The van der Waals surface area contributed by atoms with E-state index in [0.717, 1.165) is 17.0 Å². The fourth-order valence-electron chi connectivity index (χ4n) is 2.79. The first-order valence-corrected chi connectivity index (χ1v) is 7.40. The zero-order valence-corrected chi connectivity index (χ0v) is 14.0. The van der Waals surface area contributed by atoms with Gasteiger partial charge in [-0.25, -0.2) is 10.5 Å². The van der Waals surface area contributed by atoms with E-state index < -0.39 is 5.91 Å². The lowest BCUT2D eigenvalue weighted by Crippen LogP contribution is -2.38. The number of amides is 2. The summed E-state index contributed by atoms with van der Waals surface area (Å²) < 4.78 is 1.83. The van der Waals surface area contributed by atoms with Crippen LogP contribution in [0.3, 0.4) is 0 Å². The van der Waals surface area contributed by atoms with E-state index in [1.807, 2.05) is 22.5 Å². The highest BCUT2D eigenvalue weighted by molar-refractivity contribution is 5.93. The van der Waals surface area contributed by atoms with Gasteiger partial charge in [-0.3, -0.25) is 14.8 Å². The number of benzene rings is 1. The molecule has 1 aromatic heterocycles. The van der Waals surface area contributed by atoms with E-state index >= 15 is 0 Å². The highest BCUT2D eigenvalue weighted by Gasteiger charge is 2.22. The van der Waals surface area contributed by atoms with Crippen molar-refractivity contribution in [3.05, 3.63) is 53.1 Å². The maximum Gasteiger partial charge on any atom is 0.274 e. The average molecular weight is 351 g/mol. The smallest absolute Gasteiger partial charge is 0.274 e. The molecule has 0 saturated carbocycles. The minimum atomic E-state index is -0.526. The Labute approximate surface area is 145 Å². The fraction of sp³-hybridized carbons (Fsp3) is 0.312. The number of halogens is 1. The standard InChI is InChI=1S/C16H18N4O3.ClH/c1-11-17-5-7-19(11)10-15(21)20-6-4-12-8-13(16(22)18-23)2-3-14(12)9-20;/h2-3,5,7-8,23H,4,6,9-10H2,1H3,(H,18,22);1H. The van der Waals surface area contributed by atoms with E-state index in [2.05, 4.69) is 4.98 Å². The maximum absolute atomic E-state index is 12.4. The molecular weight excluding hydrogens is 332 g/mol. The van der Waals surface area contributed by atoms with Crippen LogP contribution in [-0.4, -0.2) is 38.0 Å². The van der Waals surface area contributed by atoms with Crippen molar-refractivity contribution in [2.24, 2.45) is 0 Å². The minimum Gasteiger partial charge on any atom is -0.336 e. The SMILES string of the molecule is Cc1nccn1CC(=O)N1CCc2cc(C(=O)NO)ccc2C1.Cl. The number of hydrogen-bond donors (Lipinski definition) is 2. The monoisotopic (exact) mass is 350 g/mol. The van der Waals surface area contributed by atoms with Gasteiger partial charge in [0.05, 0.1) is 0 Å². The van der Waals surface area contributed by atoms with Crippen molar-refractivity contribution >= 4 is 24.2 Å². The molecule has 0 fully saturated rings. The molecule has 2 aromatic rings. The first-order chi connectivity index (χ1) is 11.1. The van der Waals surface area contributed by atoms with Gasteiger partial charge in [0.15, 0.2) is 0 Å².